The molecule has 0 aromatic carbocycles. The molecular weight excluding hydrogens is 531 g/mol. The standard InChI is InChI=1S/C3H6Cl10N2Si4/c1-3-2-14(16(4,5)6)19(13,18(10,11)12)15(3)17(7,8)9/h3H,2H2,1H3. The van der Waals surface area contributed by atoms with Gasteiger partial charge in [-0.1, -0.05) is 0 Å². The summed E-state index contributed by atoms with van der Waals surface area (Å²) < 4.78 is 3.01. The van der Waals surface area contributed by atoms with Crippen molar-refractivity contribution in [3.63, 3.8) is 0 Å². The first-order valence-corrected chi connectivity index (χ1v) is 23.5. The van der Waals surface area contributed by atoms with E-state index in [0.717, 1.165) is 0 Å². The van der Waals surface area contributed by atoms with Crippen molar-refractivity contribution >= 4 is 136 Å². The Morgan fingerprint density at radius 1 is 0.895 bits per heavy atom. The van der Waals surface area contributed by atoms with Gasteiger partial charge < -0.3 is 0 Å². The second-order valence-corrected chi connectivity index (χ2v) is 40.7. The largest absolute Gasteiger partial charge is 0.419 e. The summed E-state index contributed by atoms with van der Waals surface area (Å²) in [7, 11) is -3.47. The molecular formula is C3H6Cl10N2Si4. The molecule has 1 saturated heterocycles. The molecule has 1 aliphatic heterocycles. The molecule has 0 aliphatic carbocycles. The first-order valence-electron chi connectivity index (χ1n) is 4.59. The molecule has 0 bridgehead atoms. The third kappa shape index (κ3) is 4.21. The van der Waals surface area contributed by atoms with E-state index in [0.29, 0.717) is 6.54 Å². The Morgan fingerprint density at radius 2 is 1.32 bits per heavy atom. The number of hydrogen-bond donors (Lipinski definition) is 0. The van der Waals surface area contributed by atoms with Gasteiger partial charge in [0.15, 0.2) is 0 Å². The van der Waals surface area contributed by atoms with Crippen LogP contribution in [0.2, 0.25) is 0 Å². The molecule has 2 nitrogen and oxygen atoms in total. The Hall–Kier alpha value is 3.69. The lowest BCUT2D eigenvalue weighted by Crippen LogP contribution is -2.73. The lowest BCUT2D eigenvalue weighted by molar-refractivity contribution is 0.530. The smallest absolute Gasteiger partial charge is 0.283 e. The number of halogens is 10. The molecule has 1 heterocycles. The predicted octanol–water partition coefficient (Wildman–Crippen LogP) is 5.21. The van der Waals surface area contributed by atoms with Crippen molar-refractivity contribution < 1.29 is 0 Å². The van der Waals surface area contributed by atoms with Gasteiger partial charge in [0.1, 0.15) is 0 Å². The third-order valence-electron chi connectivity index (χ3n) is 2.50. The van der Waals surface area contributed by atoms with Gasteiger partial charge in [0.2, 0.25) is 0 Å². The summed E-state index contributed by atoms with van der Waals surface area (Å²) in [6.45, 7) is 2.11. The molecule has 16 heteroatoms. The highest BCUT2D eigenvalue weighted by molar-refractivity contribution is 7.96. The first-order chi connectivity index (χ1) is 8.13. The summed E-state index contributed by atoms with van der Waals surface area (Å²) in [5.41, 5.74) is -3.50. The second kappa shape index (κ2) is 6.53. The zero-order chi connectivity index (χ0) is 15.4. The van der Waals surface area contributed by atoms with E-state index in [9.17, 15) is 0 Å². The van der Waals surface area contributed by atoms with E-state index >= 15 is 0 Å². The zero-order valence-corrected chi connectivity index (χ0v) is 20.5. The Bertz CT molecular complexity index is 350. The van der Waals surface area contributed by atoms with E-state index < -0.39 is 25.1 Å². The maximum atomic E-state index is 6.66. The lowest BCUT2D eigenvalue weighted by Gasteiger charge is -2.43. The van der Waals surface area contributed by atoms with Gasteiger partial charge in [-0.05, 0) is 6.92 Å². The maximum absolute atomic E-state index is 6.66. The van der Waals surface area contributed by atoms with Crippen molar-refractivity contribution in [3.8, 4) is 0 Å². The molecule has 2 unspecified atom stereocenters. The molecule has 1 fully saturated rings. The van der Waals surface area contributed by atoms with E-state index in [1.165, 1.54) is 8.46 Å². The molecule has 1 rings (SSSR count). The van der Waals surface area contributed by atoms with Gasteiger partial charge in [0.05, 0.1) is 0 Å². The first kappa shape index (κ1) is 20.7. The number of hydrogen-bond acceptors (Lipinski definition) is 2. The van der Waals surface area contributed by atoms with Crippen molar-refractivity contribution in [2.24, 2.45) is 0 Å². The summed E-state index contributed by atoms with van der Waals surface area (Å²) in [6.07, 6.45) is -6.75. The van der Waals surface area contributed by atoms with Crippen LogP contribution in [0.25, 0.3) is 0 Å². The van der Waals surface area contributed by atoms with Crippen molar-refractivity contribution in [3.05, 3.63) is 0 Å². The Kier molecular flexibility index (Phi) is 7.13. The maximum Gasteiger partial charge on any atom is 0.419 e. The summed E-state index contributed by atoms with van der Waals surface area (Å²) in [6, 6.07) is -0.255. The van der Waals surface area contributed by atoms with Gasteiger partial charge >= 0.3 is 25.1 Å². The van der Waals surface area contributed by atoms with Crippen LogP contribution in [0.5, 0.6) is 0 Å². The molecule has 0 amide bonds. The Labute approximate surface area is 162 Å². The number of rotatable bonds is 3. The van der Waals surface area contributed by atoms with Crippen LogP contribution in [0.3, 0.4) is 0 Å². The average molecular weight is 537 g/mol. The highest BCUT2D eigenvalue weighted by Gasteiger charge is 2.74. The Balaban J connectivity index is 3.42. The van der Waals surface area contributed by atoms with Crippen molar-refractivity contribution in [2.45, 2.75) is 13.0 Å². The fraction of sp³-hybridized carbons (Fsp3) is 1.00. The van der Waals surface area contributed by atoms with Crippen LogP contribution in [0.15, 0.2) is 0 Å². The van der Waals surface area contributed by atoms with Gasteiger partial charge in [-0.25, -0.2) is 0 Å². The summed E-state index contributed by atoms with van der Waals surface area (Å²) >= 11 is 61.6. The molecule has 0 radical (unpaired) electrons. The van der Waals surface area contributed by atoms with Crippen LogP contribution in [-0.2, 0) is 0 Å². The van der Waals surface area contributed by atoms with Gasteiger partial charge in [-0.3, -0.25) is 8.46 Å². The minimum Gasteiger partial charge on any atom is -0.283 e. The second-order valence-electron chi connectivity index (χ2n) is 3.85. The van der Waals surface area contributed by atoms with Gasteiger partial charge in [0.25, 0.3) is 0 Å². The fourth-order valence-corrected chi connectivity index (χ4v) is 44.2. The molecule has 114 valence electrons. The molecule has 1 aliphatic rings. The monoisotopic (exact) mass is 532 g/mol. The normalized spacial score (nSPS) is 32.1. The molecule has 0 N–H and O–H groups in total. The van der Waals surface area contributed by atoms with Crippen LogP contribution in [0, 0.1) is 0 Å². The van der Waals surface area contributed by atoms with E-state index in [-0.39, 0.29) is 6.04 Å². The van der Waals surface area contributed by atoms with Crippen LogP contribution < -0.4 is 0 Å². The fourth-order valence-electron chi connectivity index (χ4n) is 1.87. The zero-order valence-electron chi connectivity index (χ0n) is 8.96. The third-order valence-corrected chi connectivity index (χ3v) is 36.3. The molecule has 0 aromatic heterocycles. The average Bonchev–Trinajstić information content (AvgIpc) is 2.35. The van der Waals surface area contributed by atoms with Gasteiger partial charge in [-0.15, -0.1) is 111 Å². The van der Waals surface area contributed by atoms with E-state index in [4.69, 9.17) is 111 Å². The van der Waals surface area contributed by atoms with E-state index in [2.05, 4.69) is 0 Å². The SMILES string of the molecule is CC1CN([Si](Cl)(Cl)Cl)[Si](Cl)([Si](Cl)(Cl)Cl)N1[Si](Cl)(Cl)Cl. The van der Waals surface area contributed by atoms with Crippen molar-refractivity contribution in [2.75, 3.05) is 6.54 Å². The van der Waals surface area contributed by atoms with Gasteiger partial charge in [-0.2, -0.15) is 0 Å². The van der Waals surface area contributed by atoms with Crippen LogP contribution in [0.1, 0.15) is 6.92 Å². The van der Waals surface area contributed by atoms with Crippen LogP contribution >= 0.6 is 111 Å². The molecule has 0 spiro atoms. The molecule has 0 aromatic rings. The van der Waals surface area contributed by atoms with E-state index in [1.54, 1.807) is 6.92 Å². The van der Waals surface area contributed by atoms with Crippen LogP contribution in [0.4, 0.5) is 0 Å². The minimum atomic E-state index is -3.50. The topological polar surface area (TPSA) is 6.48 Å². The van der Waals surface area contributed by atoms with Gasteiger partial charge in [0, 0.05) is 12.6 Å². The summed E-state index contributed by atoms with van der Waals surface area (Å²) in [4.78, 5) is 0. The molecule has 19 heavy (non-hydrogen) atoms. The highest BCUT2D eigenvalue weighted by Crippen LogP contribution is 2.51. The van der Waals surface area contributed by atoms with Crippen molar-refractivity contribution in [1.82, 2.24) is 8.46 Å². The molecule has 2 atom stereocenters. The number of nitrogens with zero attached hydrogens (tertiary/aromatic N) is 2. The quantitative estimate of drug-likeness (QED) is 0.361. The Morgan fingerprint density at radius 3 is 1.58 bits per heavy atom. The highest BCUT2D eigenvalue weighted by atomic mass is 35.9. The van der Waals surface area contributed by atoms with Crippen LogP contribution in [-0.4, -0.2) is 46.1 Å². The summed E-state index contributed by atoms with van der Waals surface area (Å²) in [5, 5.41) is 0. The minimum absolute atomic E-state index is 0.255. The summed E-state index contributed by atoms with van der Waals surface area (Å²) in [5.74, 6) is 0. The predicted molar refractivity (Wildman–Crippen MR) is 99.6 cm³/mol. The van der Waals surface area contributed by atoms with E-state index in [1.807, 2.05) is 0 Å². The molecule has 0 saturated carbocycles. The lowest BCUT2D eigenvalue weighted by atomic mass is 10.4. The van der Waals surface area contributed by atoms with Crippen molar-refractivity contribution in [1.29, 1.82) is 0 Å².